The summed E-state index contributed by atoms with van der Waals surface area (Å²) in [6.45, 7) is 2.80. The Bertz CT molecular complexity index is 539. The maximum Gasteiger partial charge on any atom is 0.174 e. The van der Waals surface area contributed by atoms with Crippen molar-refractivity contribution in [3.05, 3.63) is 40.4 Å². The lowest BCUT2D eigenvalue weighted by atomic mass is 10.1. The minimum absolute atomic E-state index is 0.107. The van der Waals surface area contributed by atoms with Crippen molar-refractivity contribution in [2.75, 3.05) is 19.8 Å². The topological polar surface area (TPSA) is 55.6 Å². The summed E-state index contributed by atoms with van der Waals surface area (Å²) in [6.07, 6.45) is 2.06. The zero-order valence-corrected chi connectivity index (χ0v) is 11.8. The maximum atomic E-state index is 12.2. The number of ketones is 1. The van der Waals surface area contributed by atoms with Gasteiger partial charge in [0.1, 0.15) is 6.26 Å². The summed E-state index contributed by atoms with van der Waals surface area (Å²) in [4.78, 5) is 15.3. The number of nitrogens with zero attached hydrogens (tertiary/aromatic N) is 2. The highest BCUT2D eigenvalue weighted by atomic mass is 32.1. The van der Waals surface area contributed by atoms with Crippen molar-refractivity contribution >= 4 is 17.1 Å². The first kappa shape index (κ1) is 13.5. The molecule has 0 bridgehead atoms. The smallest absolute Gasteiger partial charge is 0.174 e. The van der Waals surface area contributed by atoms with Gasteiger partial charge in [-0.2, -0.15) is 0 Å². The Kier molecular flexibility index (Phi) is 4.25. The van der Waals surface area contributed by atoms with E-state index in [1.54, 1.807) is 6.26 Å². The van der Waals surface area contributed by atoms with Crippen molar-refractivity contribution < 1.29 is 14.1 Å². The zero-order chi connectivity index (χ0) is 13.8. The number of Topliss-reactive ketones (excluding diaryl/α,β-unsaturated/α-hetero) is 1. The molecule has 1 saturated heterocycles. The summed E-state index contributed by atoms with van der Waals surface area (Å²) in [5.74, 6) is 0.181. The normalized spacial score (nSPS) is 20.1. The van der Waals surface area contributed by atoms with Crippen LogP contribution in [0.4, 0.5) is 0 Å². The summed E-state index contributed by atoms with van der Waals surface area (Å²) in [7, 11) is 0. The predicted octanol–water partition coefficient (Wildman–Crippen LogP) is 2.21. The van der Waals surface area contributed by atoms with Gasteiger partial charge in [-0.25, -0.2) is 0 Å². The molecule has 106 valence electrons. The average molecular weight is 292 g/mol. The lowest BCUT2D eigenvalue weighted by Crippen LogP contribution is -2.45. The Morgan fingerprint density at radius 2 is 2.45 bits per heavy atom. The molecule has 0 radical (unpaired) electrons. The van der Waals surface area contributed by atoms with E-state index in [2.05, 4.69) is 10.1 Å². The third-order valence-electron chi connectivity index (χ3n) is 3.42. The molecule has 0 N–H and O–H groups in total. The van der Waals surface area contributed by atoms with E-state index >= 15 is 0 Å². The molecule has 0 spiro atoms. The Labute approximate surface area is 121 Å². The van der Waals surface area contributed by atoms with Gasteiger partial charge in [0.2, 0.25) is 0 Å². The van der Waals surface area contributed by atoms with Crippen LogP contribution in [-0.2, 0) is 11.3 Å². The van der Waals surface area contributed by atoms with Gasteiger partial charge in [-0.3, -0.25) is 9.69 Å². The second-order valence-corrected chi connectivity index (χ2v) is 5.74. The van der Waals surface area contributed by atoms with Gasteiger partial charge in [0, 0.05) is 31.6 Å². The van der Waals surface area contributed by atoms with Crippen LogP contribution in [0.15, 0.2) is 34.4 Å². The van der Waals surface area contributed by atoms with Gasteiger partial charge in [0.15, 0.2) is 5.78 Å². The fraction of sp³-hybridized carbons (Fsp3) is 0.429. The molecule has 1 atom stereocenters. The molecule has 6 heteroatoms. The number of aromatic nitrogens is 1. The Balaban J connectivity index is 1.64. The van der Waals surface area contributed by atoms with E-state index in [4.69, 9.17) is 9.26 Å². The Morgan fingerprint density at radius 1 is 1.50 bits per heavy atom. The largest absolute Gasteiger partial charge is 0.378 e. The molecule has 2 aromatic heterocycles. The van der Waals surface area contributed by atoms with Crippen LogP contribution in [0.5, 0.6) is 0 Å². The van der Waals surface area contributed by atoms with Crippen molar-refractivity contribution in [3.8, 4) is 0 Å². The van der Waals surface area contributed by atoms with E-state index in [0.29, 0.717) is 26.2 Å². The molecule has 3 heterocycles. The molecule has 0 unspecified atom stereocenters. The molecular formula is C14H16N2O3S. The van der Waals surface area contributed by atoms with Gasteiger partial charge in [0.25, 0.3) is 0 Å². The molecule has 0 aromatic carbocycles. The van der Waals surface area contributed by atoms with Crippen molar-refractivity contribution in [2.45, 2.75) is 19.0 Å². The number of rotatable bonds is 5. The summed E-state index contributed by atoms with van der Waals surface area (Å²) < 4.78 is 10.4. The third kappa shape index (κ3) is 3.15. The highest BCUT2D eigenvalue weighted by Gasteiger charge is 2.26. The quantitative estimate of drug-likeness (QED) is 0.791. The SMILES string of the molecule is O=C(C[C@@H]1COCCN1Cc1ccon1)c1cccs1. The Hall–Kier alpha value is -1.50. The number of carbonyl (C=O) groups excluding carboxylic acids is 1. The van der Waals surface area contributed by atoms with Gasteiger partial charge < -0.3 is 9.26 Å². The van der Waals surface area contributed by atoms with Crippen LogP contribution in [0.25, 0.3) is 0 Å². The van der Waals surface area contributed by atoms with Gasteiger partial charge in [-0.15, -0.1) is 11.3 Å². The number of thiophene rings is 1. The molecule has 0 amide bonds. The molecule has 5 nitrogen and oxygen atoms in total. The fourth-order valence-corrected chi connectivity index (χ4v) is 3.04. The minimum Gasteiger partial charge on any atom is -0.378 e. The minimum atomic E-state index is 0.107. The van der Waals surface area contributed by atoms with E-state index in [9.17, 15) is 4.79 Å². The second kappa shape index (κ2) is 6.30. The first-order valence-electron chi connectivity index (χ1n) is 6.60. The predicted molar refractivity (Wildman–Crippen MR) is 74.8 cm³/mol. The molecule has 0 aliphatic carbocycles. The highest BCUT2D eigenvalue weighted by molar-refractivity contribution is 7.12. The molecule has 1 fully saturated rings. The summed E-state index contributed by atoms with van der Waals surface area (Å²) in [5, 5.41) is 5.86. The molecule has 1 aliphatic rings. The molecule has 3 rings (SSSR count). The number of hydrogen-bond donors (Lipinski definition) is 0. The van der Waals surface area contributed by atoms with Crippen LogP contribution in [0.2, 0.25) is 0 Å². The van der Waals surface area contributed by atoms with E-state index < -0.39 is 0 Å². The molecule has 0 saturated carbocycles. The third-order valence-corrected chi connectivity index (χ3v) is 4.33. The maximum absolute atomic E-state index is 12.2. The van der Waals surface area contributed by atoms with Crippen molar-refractivity contribution in [1.82, 2.24) is 10.1 Å². The van der Waals surface area contributed by atoms with E-state index in [-0.39, 0.29) is 11.8 Å². The number of ether oxygens (including phenoxy) is 1. The monoisotopic (exact) mass is 292 g/mol. The summed E-state index contributed by atoms with van der Waals surface area (Å²) in [5.41, 5.74) is 0.889. The molecule has 1 aliphatic heterocycles. The molecular weight excluding hydrogens is 276 g/mol. The van der Waals surface area contributed by atoms with Crippen LogP contribution in [-0.4, -0.2) is 41.6 Å². The summed E-state index contributed by atoms with van der Waals surface area (Å²) >= 11 is 1.49. The van der Waals surface area contributed by atoms with E-state index in [0.717, 1.165) is 17.1 Å². The highest BCUT2D eigenvalue weighted by Crippen LogP contribution is 2.18. The number of carbonyl (C=O) groups is 1. The zero-order valence-electron chi connectivity index (χ0n) is 11.0. The lowest BCUT2D eigenvalue weighted by Gasteiger charge is -2.34. The molecule has 2 aromatic rings. The number of morpholine rings is 1. The first-order valence-corrected chi connectivity index (χ1v) is 7.48. The van der Waals surface area contributed by atoms with Crippen LogP contribution in [0, 0.1) is 0 Å². The fourth-order valence-electron chi connectivity index (χ4n) is 2.36. The lowest BCUT2D eigenvalue weighted by molar-refractivity contribution is -0.0133. The van der Waals surface area contributed by atoms with Crippen molar-refractivity contribution in [3.63, 3.8) is 0 Å². The van der Waals surface area contributed by atoms with Gasteiger partial charge >= 0.3 is 0 Å². The Morgan fingerprint density at radius 3 is 3.20 bits per heavy atom. The number of hydrogen-bond acceptors (Lipinski definition) is 6. The van der Waals surface area contributed by atoms with Crippen molar-refractivity contribution in [1.29, 1.82) is 0 Å². The standard InChI is InChI=1S/C14H16N2O3S/c17-13(14-2-1-7-20-14)8-12-10-18-6-4-16(12)9-11-3-5-19-15-11/h1-3,5,7,12H,4,6,8-10H2/t12-/m1/s1. The van der Waals surface area contributed by atoms with Crippen LogP contribution in [0.3, 0.4) is 0 Å². The van der Waals surface area contributed by atoms with Crippen molar-refractivity contribution in [2.24, 2.45) is 0 Å². The van der Waals surface area contributed by atoms with Crippen LogP contribution in [0.1, 0.15) is 21.8 Å². The van der Waals surface area contributed by atoms with Gasteiger partial charge in [-0.1, -0.05) is 11.2 Å². The van der Waals surface area contributed by atoms with Crippen LogP contribution >= 0.6 is 11.3 Å². The average Bonchev–Trinajstić information content (AvgIpc) is 3.13. The first-order chi connectivity index (χ1) is 9.83. The molecule has 20 heavy (non-hydrogen) atoms. The second-order valence-electron chi connectivity index (χ2n) is 4.79. The summed E-state index contributed by atoms with van der Waals surface area (Å²) in [6, 6.07) is 5.74. The van der Waals surface area contributed by atoms with Gasteiger partial charge in [0.05, 0.1) is 23.8 Å². The van der Waals surface area contributed by atoms with E-state index in [1.165, 1.54) is 11.3 Å². The van der Waals surface area contributed by atoms with E-state index in [1.807, 2.05) is 23.6 Å². The van der Waals surface area contributed by atoms with Crippen LogP contribution < -0.4 is 0 Å². The van der Waals surface area contributed by atoms with Gasteiger partial charge in [-0.05, 0) is 11.4 Å².